The third kappa shape index (κ3) is 4.28. The summed E-state index contributed by atoms with van der Waals surface area (Å²) in [6, 6.07) is 7.53. The summed E-state index contributed by atoms with van der Waals surface area (Å²) in [6.07, 6.45) is 0.784. The van der Waals surface area contributed by atoms with Crippen molar-refractivity contribution in [3.8, 4) is 11.5 Å². The Morgan fingerprint density at radius 1 is 1.25 bits per heavy atom. The third-order valence-electron chi connectivity index (χ3n) is 4.72. The molecule has 8 heteroatoms. The first-order valence-electron chi connectivity index (χ1n) is 9.17. The topological polar surface area (TPSA) is 79.9 Å². The molecule has 3 rings (SSSR count). The molecule has 0 bridgehead atoms. The van der Waals surface area contributed by atoms with Gasteiger partial charge in [-0.2, -0.15) is 0 Å². The highest BCUT2D eigenvalue weighted by atomic mass is 32.1. The number of thiophene rings is 1. The standard InChI is InChI=1S/C20H25N3O4S/c1-4-21-20(25)22-18(24)12-23-8-7-13-10-15(26-2)16(27-3)11-14(13)19(23)17-6-5-9-28-17/h5-6,9-11,19H,4,7-8,12H2,1-3H3,(H2,21,22,24,25)/t19-/m0/s1. The van der Waals surface area contributed by atoms with Gasteiger partial charge in [-0.3, -0.25) is 15.0 Å². The van der Waals surface area contributed by atoms with Gasteiger partial charge in [0.05, 0.1) is 26.8 Å². The lowest BCUT2D eigenvalue weighted by Gasteiger charge is -2.36. The molecule has 7 nitrogen and oxygen atoms in total. The average Bonchev–Trinajstić information content (AvgIpc) is 3.20. The summed E-state index contributed by atoms with van der Waals surface area (Å²) < 4.78 is 10.9. The molecule has 3 amide bonds. The molecule has 1 atom stereocenters. The molecule has 2 heterocycles. The van der Waals surface area contributed by atoms with Crippen LogP contribution in [0.25, 0.3) is 0 Å². The number of nitrogens with zero attached hydrogens (tertiary/aromatic N) is 1. The van der Waals surface area contributed by atoms with Crippen molar-refractivity contribution in [2.24, 2.45) is 0 Å². The van der Waals surface area contributed by atoms with E-state index >= 15 is 0 Å². The van der Waals surface area contributed by atoms with Crippen molar-refractivity contribution >= 4 is 23.3 Å². The van der Waals surface area contributed by atoms with Gasteiger partial charge >= 0.3 is 6.03 Å². The van der Waals surface area contributed by atoms with Gasteiger partial charge in [-0.05, 0) is 48.1 Å². The highest BCUT2D eigenvalue weighted by molar-refractivity contribution is 7.10. The highest BCUT2D eigenvalue weighted by Crippen LogP contribution is 2.41. The van der Waals surface area contributed by atoms with Crippen LogP contribution in [0.4, 0.5) is 4.79 Å². The zero-order valence-electron chi connectivity index (χ0n) is 16.3. The SMILES string of the molecule is CCNC(=O)NC(=O)CN1CCc2cc(OC)c(OC)cc2[C@H]1c1cccs1. The monoisotopic (exact) mass is 403 g/mol. The minimum atomic E-state index is -0.469. The number of nitrogens with one attached hydrogen (secondary N) is 2. The number of benzene rings is 1. The van der Waals surface area contributed by atoms with Crippen LogP contribution in [0.2, 0.25) is 0 Å². The second-order valence-electron chi connectivity index (χ2n) is 6.45. The van der Waals surface area contributed by atoms with Gasteiger partial charge in [0.25, 0.3) is 0 Å². The molecule has 0 saturated carbocycles. The fraction of sp³-hybridized carbons (Fsp3) is 0.400. The van der Waals surface area contributed by atoms with Gasteiger partial charge in [-0.25, -0.2) is 4.79 Å². The number of carbonyl (C=O) groups is 2. The maximum atomic E-state index is 12.4. The molecule has 150 valence electrons. The van der Waals surface area contributed by atoms with Gasteiger partial charge in [0.2, 0.25) is 5.91 Å². The zero-order valence-corrected chi connectivity index (χ0v) is 17.1. The lowest BCUT2D eigenvalue weighted by molar-refractivity contribution is -0.121. The first kappa shape index (κ1) is 20.2. The number of rotatable bonds is 6. The lowest BCUT2D eigenvalue weighted by Crippen LogP contribution is -2.47. The number of urea groups is 1. The molecule has 1 aromatic carbocycles. The number of hydrogen-bond donors (Lipinski definition) is 2. The number of hydrogen-bond acceptors (Lipinski definition) is 6. The molecular weight excluding hydrogens is 378 g/mol. The van der Waals surface area contributed by atoms with Crippen molar-refractivity contribution < 1.29 is 19.1 Å². The molecule has 2 aromatic rings. The number of ether oxygens (including phenoxy) is 2. The van der Waals surface area contributed by atoms with Gasteiger partial charge in [0.15, 0.2) is 11.5 Å². The molecular formula is C20H25N3O4S. The number of amides is 3. The van der Waals surface area contributed by atoms with Crippen LogP contribution in [0.3, 0.4) is 0 Å². The second-order valence-corrected chi connectivity index (χ2v) is 7.43. The van der Waals surface area contributed by atoms with Crippen molar-refractivity contribution in [3.05, 3.63) is 45.6 Å². The Morgan fingerprint density at radius 3 is 2.64 bits per heavy atom. The van der Waals surface area contributed by atoms with Gasteiger partial charge in [0.1, 0.15) is 0 Å². The molecule has 1 aliphatic heterocycles. The van der Waals surface area contributed by atoms with Crippen molar-refractivity contribution in [1.29, 1.82) is 0 Å². The van der Waals surface area contributed by atoms with Crippen LogP contribution in [0.15, 0.2) is 29.6 Å². The molecule has 0 radical (unpaired) electrons. The van der Waals surface area contributed by atoms with Gasteiger partial charge < -0.3 is 14.8 Å². The molecule has 2 N–H and O–H groups in total. The Morgan fingerprint density at radius 2 is 2.00 bits per heavy atom. The van der Waals surface area contributed by atoms with E-state index in [-0.39, 0.29) is 18.5 Å². The fourth-order valence-corrected chi connectivity index (χ4v) is 4.38. The van der Waals surface area contributed by atoms with E-state index < -0.39 is 6.03 Å². The molecule has 28 heavy (non-hydrogen) atoms. The fourth-order valence-electron chi connectivity index (χ4n) is 3.50. The van der Waals surface area contributed by atoms with Crippen LogP contribution < -0.4 is 20.1 Å². The number of carbonyl (C=O) groups excluding carboxylic acids is 2. The molecule has 1 aromatic heterocycles. The quantitative estimate of drug-likeness (QED) is 0.775. The highest BCUT2D eigenvalue weighted by Gasteiger charge is 2.32. The summed E-state index contributed by atoms with van der Waals surface area (Å²) in [7, 11) is 3.24. The summed E-state index contributed by atoms with van der Waals surface area (Å²) in [5.41, 5.74) is 2.27. The van der Waals surface area contributed by atoms with Crippen molar-refractivity contribution in [2.45, 2.75) is 19.4 Å². The average molecular weight is 404 g/mol. The van der Waals surface area contributed by atoms with Crippen LogP contribution in [0, 0.1) is 0 Å². The molecule has 0 spiro atoms. The Kier molecular flexibility index (Phi) is 6.53. The summed E-state index contributed by atoms with van der Waals surface area (Å²) in [5.74, 6) is 1.04. The van der Waals surface area contributed by atoms with E-state index in [0.29, 0.717) is 24.6 Å². The number of fused-ring (bicyclic) bond motifs is 1. The van der Waals surface area contributed by atoms with Gasteiger partial charge in [0, 0.05) is 18.0 Å². The molecule has 1 aliphatic rings. The van der Waals surface area contributed by atoms with Crippen LogP contribution >= 0.6 is 11.3 Å². The number of methoxy groups -OCH3 is 2. The van der Waals surface area contributed by atoms with Crippen LogP contribution in [-0.4, -0.2) is 50.7 Å². The Hall–Kier alpha value is -2.58. The maximum absolute atomic E-state index is 12.4. The molecule has 0 aliphatic carbocycles. The number of imide groups is 1. The first-order chi connectivity index (χ1) is 13.6. The van der Waals surface area contributed by atoms with Crippen LogP contribution in [0.1, 0.15) is 29.0 Å². The van der Waals surface area contributed by atoms with E-state index in [1.165, 1.54) is 5.56 Å². The normalized spacial score (nSPS) is 16.2. The van der Waals surface area contributed by atoms with E-state index in [4.69, 9.17) is 9.47 Å². The van der Waals surface area contributed by atoms with Crippen LogP contribution in [-0.2, 0) is 11.2 Å². The van der Waals surface area contributed by atoms with E-state index in [0.717, 1.165) is 16.9 Å². The summed E-state index contributed by atoms with van der Waals surface area (Å²) in [6.45, 7) is 3.11. The summed E-state index contributed by atoms with van der Waals surface area (Å²) >= 11 is 1.64. The van der Waals surface area contributed by atoms with Crippen molar-refractivity contribution in [1.82, 2.24) is 15.5 Å². The Balaban J connectivity index is 1.91. The van der Waals surface area contributed by atoms with E-state index in [9.17, 15) is 9.59 Å². The Bertz CT molecular complexity index is 838. The zero-order chi connectivity index (χ0) is 20.1. The van der Waals surface area contributed by atoms with Crippen molar-refractivity contribution in [3.63, 3.8) is 0 Å². The van der Waals surface area contributed by atoms with E-state index in [2.05, 4.69) is 21.6 Å². The predicted molar refractivity (Wildman–Crippen MR) is 108 cm³/mol. The Labute approximate surface area is 168 Å². The maximum Gasteiger partial charge on any atom is 0.321 e. The summed E-state index contributed by atoms with van der Waals surface area (Å²) in [5, 5.41) is 6.99. The molecule has 0 fully saturated rings. The van der Waals surface area contributed by atoms with E-state index in [1.807, 2.05) is 23.6 Å². The van der Waals surface area contributed by atoms with E-state index in [1.54, 1.807) is 32.5 Å². The lowest BCUT2D eigenvalue weighted by atomic mass is 9.91. The van der Waals surface area contributed by atoms with Crippen LogP contribution in [0.5, 0.6) is 11.5 Å². The van der Waals surface area contributed by atoms with Gasteiger partial charge in [-0.1, -0.05) is 6.07 Å². The van der Waals surface area contributed by atoms with Crippen molar-refractivity contribution in [2.75, 3.05) is 33.9 Å². The van der Waals surface area contributed by atoms with Gasteiger partial charge in [-0.15, -0.1) is 11.3 Å². The molecule has 0 saturated heterocycles. The second kappa shape index (κ2) is 9.07. The third-order valence-corrected chi connectivity index (χ3v) is 5.65. The molecule has 0 unspecified atom stereocenters. The minimum Gasteiger partial charge on any atom is -0.493 e. The first-order valence-corrected chi connectivity index (χ1v) is 10.0. The summed E-state index contributed by atoms with van der Waals surface area (Å²) in [4.78, 5) is 27.3. The smallest absolute Gasteiger partial charge is 0.321 e. The largest absolute Gasteiger partial charge is 0.493 e. The minimum absolute atomic E-state index is 0.0801. The predicted octanol–water partition coefficient (Wildman–Crippen LogP) is 2.56.